The molecule has 0 aromatic heterocycles. The van der Waals surface area contributed by atoms with E-state index in [0.29, 0.717) is 0 Å². The molecule has 1 heterocycles. The maximum absolute atomic E-state index is 8.89. The molecule has 11 heavy (non-hydrogen) atoms. The number of ether oxygens (including phenoxy) is 2. The second kappa shape index (κ2) is 3.09. The number of aliphatic hydroxyl groups excluding tert-OH is 1. The first-order chi connectivity index (χ1) is 5.09. The van der Waals surface area contributed by atoms with Gasteiger partial charge in [0.25, 0.3) is 0 Å². The van der Waals surface area contributed by atoms with Crippen LogP contribution < -0.4 is 0 Å². The molecule has 1 aliphatic heterocycles. The highest BCUT2D eigenvalue weighted by molar-refractivity contribution is 4.79. The van der Waals surface area contributed by atoms with Crippen LogP contribution in [0.1, 0.15) is 27.2 Å². The molecular weight excluding hydrogens is 144 g/mol. The Bertz CT molecular complexity index is 119. The summed E-state index contributed by atoms with van der Waals surface area (Å²) in [5.41, 5.74) is 0. The third-order valence-electron chi connectivity index (χ3n) is 1.87. The highest BCUT2D eigenvalue weighted by Crippen LogP contribution is 2.29. The fourth-order valence-electron chi connectivity index (χ4n) is 1.41. The summed E-state index contributed by atoms with van der Waals surface area (Å²) >= 11 is 0. The van der Waals surface area contributed by atoms with Gasteiger partial charge in [0.2, 0.25) is 0 Å². The summed E-state index contributed by atoms with van der Waals surface area (Å²) in [4.78, 5) is 0. The summed E-state index contributed by atoms with van der Waals surface area (Å²) in [6.07, 6.45) is 0.791. The van der Waals surface area contributed by atoms with Gasteiger partial charge in [-0.3, -0.25) is 0 Å². The maximum Gasteiger partial charge on any atom is 0.163 e. The van der Waals surface area contributed by atoms with Gasteiger partial charge in [0, 0.05) is 0 Å². The molecule has 3 nitrogen and oxygen atoms in total. The fourth-order valence-corrected chi connectivity index (χ4v) is 1.41. The Balaban J connectivity index is 2.55. The van der Waals surface area contributed by atoms with E-state index in [2.05, 4.69) is 0 Å². The minimum absolute atomic E-state index is 0.0436. The molecule has 2 atom stereocenters. The van der Waals surface area contributed by atoms with Crippen LogP contribution in [0, 0.1) is 0 Å². The number of rotatable bonds is 2. The Morgan fingerprint density at radius 3 is 2.18 bits per heavy atom. The lowest BCUT2D eigenvalue weighted by Crippen LogP contribution is -2.25. The van der Waals surface area contributed by atoms with Crippen LogP contribution in [-0.2, 0) is 9.47 Å². The van der Waals surface area contributed by atoms with Crippen LogP contribution in [-0.4, -0.2) is 29.7 Å². The highest BCUT2D eigenvalue weighted by atomic mass is 16.8. The van der Waals surface area contributed by atoms with Crippen molar-refractivity contribution in [3.63, 3.8) is 0 Å². The quantitative estimate of drug-likeness (QED) is 0.652. The van der Waals surface area contributed by atoms with Crippen molar-refractivity contribution in [2.45, 2.75) is 45.2 Å². The Morgan fingerprint density at radius 1 is 1.27 bits per heavy atom. The van der Waals surface area contributed by atoms with E-state index in [-0.39, 0.29) is 18.8 Å². The molecule has 0 aromatic rings. The van der Waals surface area contributed by atoms with E-state index in [9.17, 15) is 0 Å². The van der Waals surface area contributed by atoms with Gasteiger partial charge in [0.15, 0.2) is 5.79 Å². The molecule has 0 spiro atoms. The van der Waals surface area contributed by atoms with Crippen molar-refractivity contribution in [1.82, 2.24) is 0 Å². The Kier molecular flexibility index (Phi) is 2.52. The summed E-state index contributed by atoms with van der Waals surface area (Å²) < 4.78 is 10.9. The molecule has 2 unspecified atom stereocenters. The van der Waals surface area contributed by atoms with E-state index in [1.54, 1.807) is 0 Å². The van der Waals surface area contributed by atoms with E-state index >= 15 is 0 Å². The van der Waals surface area contributed by atoms with Crippen molar-refractivity contribution in [2.75, 3.05) is 6.61 Å². The van der Waals surface area contributed by atoms with Gasteiger partial charge >= 0.3 is 0 Å². The SMILES string of the molecule is CCC1OC(C)(C)OC1CO. The molecule has 1 fully saturated rings. The first kappa shape index (κ1) is 8.97. The number of aliphatic hydroxyl groups is 1. The zero-order chi connectivity index (χ0) is 8.48. The molecule has 0 aromatic carbocycles. The van der Waals surface area contributed by atoms with Crippen molar-refractivity contribution >= 4 is 0 Å². The summed E-state index contributed by atoms with van der Waals surface area (Å²) in [6.45, 7) is 5.80. The molecule has 0 aliphatic carbocycles. The van der Waals surface area contributed by atoms with Gasteiger partial charge in [-0.05, 0) is 20.3 Å². The molecule has 0 bridgehead atoms. The summed E-state index contributed by atoms with van der Waals surface area (Å²) in [6, 6.07) is 0. The Hall–Kier alpha value is -0.120. The fraction of sp³-hybridized carbons (Fsp3) is 1.00. The molecule has 0 saturated carbocycles. The van der Waals surface area contributed by atoms with E-state index in [1.165, 1.54) is 0 Å². The monoisotopic (exact) mass is 160 g/mol. The second-order valence-corrected chi connectivity index (χ2v) is 3.30. The third-order valence-corrected chi connectivity index (χ3v) is 1.87. The van der Waals surface area contributed by atoms with Crippen LogP contribution >= 0.6 is 0 Å². The van der Waals surface area contributed by atoms with Crippen LogP contribution in [0.4, 0.5) is 0 Å². The zero-order valence-electron chi connectivity index (χ0n) is 7.33. The van der Waals surface area contributed by atoms with E-state index < -0.39 is 5.79 Å². The van der Waals surface area contributed by atoms with Crippen LogP contribution in [0.2, 0.25) is 0 Å². The number of hydrogen-bond donors (Lipinski definition) is 1. The average Bonchev–Trinajstić information content (AvgIpc) is 2.25. The van der Waals surface area contributed by atoms with Crippen molar-refractivity contribution in [3.05, 3.63) is 0 Å². The Labute approximate surface area is 67.3 Å². The molecule has 0 amide bonds. The molecule has 1 saturated heterocycles. The van der Waals surface area contributed by atoms with Gasteiger partial charge in [-0.1, -0.05) is 6.92 Å². The standard InChI is InChI=1S/C8H16O3/c1-4-6-7(5-9)11-8(2,3)10-6/h6-7,9H,4-5H2,1-3H3. The first-order valence-corrected chi connectivity index (χ1v) is 4.05. The lowest BCUT2D eigenvalue weighted by atomic mass is 10.2. The highest BCUT2D eigenvalue weighted by Gasteiger charge is 2.39. The van der Waals surface area contributed by atoms with Crippen molar-refractivity contribution in [3.8, 4) is 0 Å². The van der Waals surface area contributed by atoms with Crippen LogP contribution in [0.25, 0.3) is 0 Å². The molecule has 1 aliphatic rings. The molecule has 1 rings (SSSR count). The molecule has 3 heteroatoms. The maximum atomic E-state index is 8.89. The van der Waals surface area contributed by atoms with E-state index in [1.807, 2.05) is 20.8 Å². The van der Waals surface area contributed by atoms with E-state index in [0.717, 1.165) is 6.42 Å². The predicted molar refractivity (Wildman–Crippen MR) is 41.2 cm³/mol. The largest absolute Gasteiger partial charge is 0.394 e. The van der Waals surface area contributed by atoms with Crippen molar-refractivity contribution in [2.24, 2.45) is 0 Å². The molecule has 66 valence electrons. The van der Waals surface area contributed by atoms with E-state index in [4.69, 9.17) is 14.6 Å². The zero-order valence-corrected chi connectivity index (χ0v) is 7.33. The van der Waals surface area contributed by atoms with Crippen molar-refractivity contribution < 1.29 is 14.6 Å². The summed E-state index contributed by atoms with van der Waals surface area (Å²) in [7, 11) is 0. The summed E-state index contributed by atoms with van der Waals surface area (Å²) in [5.74, 6) is -0.520. The van der Waals surface area contributed by atoms with Crippen LogP contribution in [0.5, 0.6) is 0 Å². The van der Waals surface area contributed by atoms with Gasteiger partial charge in [-0.2, -0.15) is 0 Å². The second-order valence-electron chi connectivity index (χ2n) is 3.30. The number of hydrogen-bond acceptors (Lipinski definition) is 3. The van der Waals surface area contributed by atoms with Gasteiger partial charge in [-0.15, -0.1) is 0 Å². The normalized spacial score (nSPS) is 36.0. The van der Waals surface area contributed by atoms with Gasteiger partial charge in [0.05, 0.1) is 12.7 Å². The third kappa shape index (κ3) is 1.92. The summed E-state index contributed by atoms with van der Waals surface area (Å²) in [5, 5.41) is 8.89. The Morgan fingerprint density at radius 2 is 1.82 bits per heavy atom. The lowest BCUT2D eigenvalue weighted by Gasteiger charge is -2.16. The predicted octanol–water partition coefficient (Wildman–Crippen LogP) is 0.909. The van der Waals surface area contributed by atoms with Crippen molar-refractivity contribution in [1.29, 1.82) is 0 Å². The smallest absolute Gasteiger partial charge is 0.163 e. The minimum atomic E-state index is -0.520. The van der Waals surface area contributed by atoms with Gasteiger partial charge in [0.1, 0.15) is 6.10 Å². The average molecular weight is 160 g/mol. The van der Waals surface area contributed by atoms with Gasteiger partial charge < -0.3 is 14.6 Å². The minimum Gasteiger partial charge on any atom is -0.394 e. The van der Waals surface area contributed by atoms with Gasteiger partial charge in [-0.25, -0.2) is 0 Å². The van der Waals surface area contributed by atoms with Crippen LogP contribution in [0.15, 0.2) is 0 Å². The lowest BCUT2D eigenvalue weighted by molar-refractivity contribution is -0.149. The molecular formula is C8H16O3. The molecule has 0 radical (unpaired) electrons. The van der Waals surface area contributed by atoms with Crippen LogP contribution in [0.3, 0.4) is 0 Å². The topological polar surface area (TPSA) is 38.7 Å². The first-order valence-electron chi connectivity index (χ1n) is 4.05. The molecule has 1 N–H and O–H groups in total.